The summed E-state index contributed by atoms with van der Waals surface area (Å²) < 4.78 is 17.3. The van der Waals surface area contributed by atoms with Crippen LogP contribution in [0.2, 0.25) is 0 Å². The number of hydrogen-bond donors (Lipinski definition) is 2. The maximum atomic E-state index is 12.5. The van der Waals surface area contributed by atoms with Crippen molar-refractivity contribution in [3.63, 3.8) is 0 Å². The smallest absolute Gasteiger partial charge is 0.444 e. The molecule has 0 spiro atoms. The van der Waals surface area contributed by atoms with Crippen LogP contribution in [0.1, 0.15) is 68.2 Å². The standard InChI is InChI=1S/C23H38BN5O5/c1-15(27-20(31)32-21(2,3)4)18(30)28-17-9-11-29(12-10-17)19-25-13-16(14-26-19)24-33-22(5,6)23(7,8)34-24/h13-15,17H,9-12H2,1-8H3,(H,27,31)(H,28,30)/t15-/m0/s1. The quantitative estimate of drug-likeness (QED) is 0.620. The molecule has 34 heavy (non-hydrogen) atoms. The molecule has 0 bridgehead atoms. The number of piperidine rings is 1. The molecule has 1 aromatic rings. The van der Waals surface area contributed by atoms with E-state index in [2.05, 4.69) is 25.5 Å². The summed E-state index contributed by atoms with van der Waals surface area (Å²) in [5.41, 5.74) is -0.654. The maximum Gasteiger partial charge on any atom is 0.498 e. The lowest BCUT2D eigenvalue weighted by Gasteiger charge is -2.33. The van der Waals surface area contributed by atoms with Gasteiger partial charge in [0.25, 0.3) is 0 Å². The number of carbonyl (C=O) groups is 2. The van der Waals surface area contributed by atoms with Crippen molar-refractivity contribution in [3.05, 3.63) is 12.4 Å². The van der Waals surface area contributed by atoms with E-state index in [0.717, 1.165) is 18.3 Å². The van der Waals surface area contributed by atoms with Crippen LogP contribution in [-0.2, 0) is 18.8 Å². The van der Waals surface area contributed by atoms with Crippen LogP contribution in [0.5, 0.6) is 0 Å². The largest absolute Gasteiger partial charge is 0.498 e. The topological polar surface area (TPSA) is 115 Å². The summed E-state index contributed by atoms with van der Waals surface area (Å²) in [5.74, 6) is 0.414. The first kappa shape index (κ1) is 26.2. The molecule has 0 aromatic carbocycles. The van der Waals surface area contributed by atoms with E-state index in [-0.39, 0.29) is 11.9 Å². The highest BCUT2D eigenvalue weighted by Crippen LogP contribution is 2.36. The number of rotatable bonds is 5. The number of nitrogens with one attached hydrogen (secondary N) is 2. The molecule has 1 aromatic heterocycles. The molecule has 10 nitrogen and oxygen atoms in total. The van der Waals surface area contributed by atoms with Gasteiger partial charge in [-0.1, -0.05) is 0 Å². The molecule has 2 N–H and O–H groups in total. The lowest BCUT2D eigenvalue weighted by molar-refractivity contribution is -0.123. The Morgan fingerprint density at radius 1 is 1.12 bits per heavy atom. The van der Waals surface area contributed by atoms with Crippen LogP contribution in [0.4, 0.5) is 10.7 Å². The molecule has 0 unspecified atom stereocenters. The van der Waals surface area contributed by atoms with Crippen LogP contribution in [0.25, 0.3) is 0 Å². The SMILES string of the molecule is C[C@H](NC(=O)OC(C)(C)C)C(=O)NC1CCN(c2ncc(B3OC(C)(C)C(C)(C)O3)cn2)CC1. The third-order valence-corrected chi connectivity index (χ3v) is 6.43. The van der Waals surface area contributed by atoms with Gasteiger partial charge in [0, 0.05) is 37.0 Å². The number of alkyl carbamates (subject to hydrolysis) is 1. The fraction of sp³-hybridized carbons (Fsp3) is 0.739. The van der Waals surface area contributed by atoms with E-state index >= 15 is 0 Å². The van der Waals surface area contributed by atoms with Gasteiger partial charge in [0.15, 0.2) is 0 Å². The molecular weight excluding hydrogens is 437 g/mol. The van der Waals surface area contributed by atoms with Gasteiger partial charge in [-0.3, -0.25) is 4.79 Å². The molecule has 2 saturated heterocycles. The van der Waals surface area contributed by atoms with E-state index < -0.39 is 36.1 Å². The average molecular weight is 475 g/mol. The van der Waals surface area contributed by atoms with Gasteiger partial charge in [-0.2, -0.15) is 0 Å². The summed E-state index contributed by atoms with van der Waals surface area (Å²) in [5, 5.41) is 5.59. The van der Waals surface area contributed by atoms with Gasteiger partial charge < -0.3 is 29.6 Å². The first-order valence-electron chi connectivity index (χ1n) is 11.9. The first-order valence-corrected chi connectivity index (χ1v) is 11.9. The third kappa shape index (κ3) is 6.38. The fourth-order valence-corrected chi connectivity index (χ4v) is 3.70. The predicted octanol–water partition coefficient (Wildman–Crippen LogP) is 1.77. The summed E-state index contributed by atoms with van der Waals surface area (Å²) in [6.07, 6.45) is 4.41. The molecule has 2 aliphatic heterocycles. The Kier molecular flexibility index (Phi) is 7.47. The normalized spacial score (nSPS) is 21.2. The van der Waals surface area contributed by atoms with Gasteiger partial charge in [0.05, 0.1) is 11.2 Å². The molecular formula is C23H38BN5O5. The van der Waals surface area contributed by atoms with Gasteiger partial charge in [0.2, 0.25) is 11.9 Å². The monoisotopic (exact) mass is 475 g/mol. The van der Waals surface area contributed by atoms with Crippen LogP contribution in [0, 0.1) is 0 Å². The Bertz CT molecular complexity index is 863. The number of anilines is 1. The predicted molar refractivity (Wildman–Crippen MR) is 130 cm³/mol. The molecule has 2 aliphatic rings. The molecule has 0 radical (unpaired) electrons. The number of ether oxygens (including phenoxy) is 1. The van der Waals surface area contributed by atoms with Crippen molar-refractivity contribution in [2.75, 3.05) is 18.0 Å². The second-order valence-electron chi connectivity index (χ2n) is 11.0. The van der Waals surface area contributed by atoms with Crippen LogP contribution in [0.15, 0.2) is 12.4 Å². The van der Waals surface area contributed by atoms with Crippen molar-refractivity contribution < 1.29 is 23.6 Å². The van der Waals surface area contributed by atoms with Gasteiger partial charge in [-0.15, -0.1) is 0 Å². The average Bonchev–Trinajstić information content (AvgIpc) is 2.94. The molecule has 3 rings (SSSR count). The zero-order valence-electron chi connectivity index (χ0n) is 21.6. The Hall–Kier alpha value is -2.40. The second-order valence-corrected chi connectivity index (χ2v) is 11.0. The second kappa shape index (κ2) is 9.69. The van der Waals surface area contributed by atoms with Crippen molar-refractivity contribution >= 4 is 30.5 Å². The minimum Gasteiger partial charge on any atom is -0.444 e. The third-order valence-electron chi connectivity index (χ3n) is 6.43. The highest BCUT2D eigenvalue weighted by Gasteiger charge is 2.52. The van der Waals surface area contributed by atoms with Crippen molar-refractivity contribution in [1.29, 1.82) is 0 Å². The Morgan fingerprint density at radius 2 is 1.65 bits per heavy atom. The highest BCUT2D eigenvalue weighted by molar-refractivity contribution is 6.61. The summed E-state index contributed by atoms with van der Waals surface area (Å²) in [6, 6.07) is -0.658. The molecule has 11 heteroatoms. The molecule has 188 valence electrons. The van der Waals surface area contributed by atoms with E-state index in [1.54, 1.807) is 40.1 Å². The highest BCUT2D eigenvalue weighted by atomic mass is 16.7. The molecule has 2 amide bonds. The molecule has 3 heterocycles. The molecule has 2 fully saturated rings. The number of aromatic nitrogens is 2. The zero-order chi connectivity index (χ0) is 25.3. The van der Waals surface area contributed by atoms with Gasteiger partial charge >= 0.3 is 13.2 Å². The fourth-order valence-electron chi connectivity index (χ4n) is 3.70. The maximum absolute atomic E-state index is 12.5. The van der Waals surface area contributed by atoms with Crippen LogP contribution < -0.4 is 21.0 Å². The summed E-state index contributed by atoms with van der Waals surface area (Å²) in [7, 11) is -0.490. The number of nitrogens with zero attached hydrogens (tertiary/aromatic N) is 3. The Morgan fingerprint density at radius 3 is 2.15 bits per heavy atom. The van der Waals surface area contributed by atoms with Crippen LogP contribution in [0.3, 0.4) is 0 Å². The molecule has 0 saturated carbocycles. The molecule has 1 atom stereocenters. The van der Waals surface area contributed by atoms with E-state index in [4.69, 9.17) is 14.0 Å². The summed E-state index contributed by atoms with van der Waals surface area (Å²) in [6.45, 7) is 16.5. The van der Waals surface area contributed by atoms with Crippen LogP contribution >= 0.6 is 0 Å². The van der Waals surface area contributed by atoms with E-state index in [9.17, 15) is 9.59 Å². The first-order chi connectivity index (χ1) is 15.7. The van der Waals surface area contributed by atoms with Gasteiger partial charge in [0.1, 0.15) is 11.6 Å². The zero-order valence-corrected chi connectivity index (χ0v) is 21.6. The van der Waals surface area contributed by atoms with E-state index in [1.165, 1.54) is 0 Å². The Balaban J connectivity index is 1.47. The Labute approximate surface area is 202 Å². The minimum atomic E-state index is -0.682. The van der Waals surface area contributed by atoms with E-state index in [1.807, 2.05) is 27.7 Å². The van der Waals surface area contributed by atoms with Crippen molar-refractivity contribution in [2.24, 2.45) is 0 Å². The van der Waals surface area contributed by atoms with Crippen molar-refractivity contribution in [1.82, 2.24) is 20.6 Å². The van der Waals surface area contributed by atoms with Gasteiger partial charge in [-0.05, 0) is 68.2 Å². The summed E-state index contributed by atoms with van der Waals surface area (Å²) >= 11 is 0. The van der Waals surface area contributed by atoms with Crippen molar-refractivity contribution in [3.8, 4) is 0 Å². The van der Waals surface area contributed by atoms with Crippen LogP contribution in [-0.4, -0.2) is 71.1 Å². The lowest BCUT2D eigenvalue weighted by atomic mass is 9.81. The molecule has 0 aliphatic carbocycles. The number of hydrogen-bond acceptors (Lipinski definition) is 8. The minimum absolute atomic E-state index is 0.0238. The number of carbonyl (C=O) groups excluding carboxylic acids is 2. The van der Waals surface area contributed by atoms with Gasteiger partial charge in [-0.25, -0.2) is 14.8 Å². The van der Waals surface area contributed by atoms with Crippen molar-refractivity contribution in [2.45, 2.75) is 97.1 Å². The summed E-state index contributed by atoms with van der Waals surface area (Å²) in [4.78, 5) is 35.5. The lowest BCUT2D eigenvalue weighted by Crippen LogP contribution is -2.51. The van der Waals surface area contributed by atoms with E-state index in [0.29, 0.717) is 19.0 Å². The number of amides is 2.